The van der Waals surface area contributed by atoms with Crippen LogP contribution in [0.3, 0.4) is 0 Å². The van der Waals surface area contributed by atoms with Gasteiger partial charge in [-0.15, -0.1) is 0 Å². The van der Waals surface area contributed by atoms with Crippen LogP contribution in [0.15, 0.2) is 46.9 Å². The van der Waals surface area contributed by atoms with E-state index in [1.807, 2.05) is 12.1 Å². The van der Waals surface area contributed by atoms with Crippen molar-refractivity contribution in [2.45, 2.75) is 6.04 Å². The van der Waals surface area contributed by atoms with Crippen LogP contribution in [0.25, 0.3) is 0 Å². The third-order valence-corrected chi connectivity index (χ3v) is 3.60. The first kappa shape index (κ1) is 12.6. The Morgan fingerprint density at radius 3 is 2.59 bits per heavy atom. The smallest absolute Gasteiger partial charge is 0.137 e. The summed E-state index contributed by atoms with van der Waals surface area (Å²) in [6.07, 6.45) is 0. The second-order valence-electron chi connectivity index (χ2n) is 3.68. The van der Waals surface area contributed by atoms with Gasteiger partial charge in [0, 0.05) is 5.02 Å². The summed E-state index contributed by atoms with van der Waals surface area (Å²) in [7, 11) is 0. The Morgan fingerprint density at radius 1 is 1.18 bits per heavy atom. The van der Waals surface area contributed by atoms with E-state index in [2.05, 4.69) is 15.9 Å². The lowest BCUT2D eigenvalue weighted by Gasteiger charge is -2.14. The van der Waals surface area contributed by atoms with Crippen molar-refractivity contribution >= 4 is 27.5 Å². The third kappa shape index (κ3) is 2.68. The highest BCUT2D eigenvalue weighted by atomic mass is 79.9. The normalized spacial score (nSPS) is 12.5. The lowest BCUT2D eigenvalue weighted by Crippen LogP contribution is -2.12. The maximum atomic E-state index is 13.4. The van der Waals surface area contributed by atoms with Gasteiger partial charge in [-0.05, 0) is 45.3 Å². The van der Waals surface area contributed by atoms with Crippen molar-refractivity contribution in [1.82, 2.24) is 0 Å². The monoisotopic (exact) mass is 313 g/mol. The first-order valence-corrected chi connectivity index (χ1v) is 6.21. The Balaban J connectivity index is 2.44. The summed E-state index contributed by atoms with van der Waals surface area (Å²) in [5, 5.41) is 0.616. The minimum atomic E-state index is -0.404. The molecule has 4 heteroatoms. The Bertz CT molecular complexity index is 545. The first-order valence-electron chi connectivity index (χ1n) is 5.04. The van der Waals surface area contributed by atoms with Crippen LogP contribution in [-0.2, 0) is 0 Å². The highest BCUT2D eigenvalue weighted by molar-refractivity contribution is 9.10. The fourth-order valence-corrected chi connectivity index (χ4v) is 2.35. The predicted molar refractivity (Wildman–Crippen MR) is 71.6 cm³/mol. The Kier molecular flexibility index (Phi) is 3.82. The van der Waals surface area contributed by atoms with Gasteiger partial charge in [-0.3, -0.25) is 0 Å². The van der Waals surface area contributed by atoms with Crippen molar-refractivity contribution in [2.24, 2.45) is 5.73 Å². The van der Waals surface area contributed by atoms with Crippen LogP contribution in [0.4, 0.5) is 4.39 Å². The highest BCUT2D eigenvalue weighted by Gasteiger charge is 2.14. The van der Waals surface area contributed by atoms with Crippen LogP contribution < -0.4 is 5.73 Å². The van der Waals surface area contributed by atoms with E-state index in [1.165, 1.54) is 6.07 Å². The van der Waals surface area contributed by atoms with Gasteiger partial charge in [0.2, 0.25) is 0 Å². The molecule has 2 aromatic rings. The van der Waals surface area contributed by atoms with E-state index in [0.29, 0.717) is 15.1 Å². The average molecular weight is 315 g/mol. The molecule has 0 amide bonds. The molecule has 2 N–H and O–H groups in total. The number of halogens is 3. The molecule has 17 heavy (non-hydrogen) atoms. The maximum Gasteiger partial charge on any atom is 0.137 e. The molecule has 1 unspecified atom stereocenters. The molecular weight excluding hydrogens is 305 g/mol. The zero-order chi connectivity index (χ0) is 12.4. The third-order valence-electron chi connectivity index (χ3n) is 2.52. The molecule has 0 aliphatic rings. The van der Waals surface area contributed by atoms with Crippen molar-refractivity contribution in [3.05, 3.63) is 68.9 Å². The van der Waals surface area contributed by atoms with Crippen molar-refractivity contribution in [2.75, 3.05) is 0 Å². The number of rotatable bonds is 2. The lowest BCUT2D eigenvalue weighted by atomic mass is 10.00. The molecule has 0 fully saturated rings. The van der Waals surface area contributed by atoms with Crippen LogP contribution in [-0.4, -0.2) is 0 Å². The number of hydrogen-bond acceptors (Lipinski definition) is 1. The zero-order valence-electron chi connectivity index (χ0n) is 8.83. The Labute approximate surface area is 113 Å². The number of hydrogen-bond donors (Lipinski definition) is 1. The summed E-state index contributed by atoms with van der Waals surface area (Å²) in [6, 6.07) is 11.7. The van der Waals surface area contributed by atoms with Crippen LogP contribution in [0.5, 0.6) is 0 Å². The van der Waals surface area contributed by atoms with Gasteiger partial charge < -0.3 is 5.73 Å². The molecule has 0 aliphatic heterocycles. The highest BCUT2D eigenvalue weighted by Crippen LogP contribution is 2.29. The fraction of sp³-hybridized carbons (Fsp3) is 0.0769. The van der Waals surface area contributed by atoms with Crippen molar-refractivity contribution in [3.8, 4) is 0 Å². The van der Waals surface area contributed by atoms with Crippen molar-refractivity contribution in [3.63, 3.8) is 0 Å². The van der Waals surface area contributed by atoms with Gasteiger partial charge in [-0.1, -0.05) is 35.9 Å². The molecule has 2 aromatic carbocycles. The molecule has 0 saturated heterocycles. The molecular formula is C13H10BrClFN. The van der Waals surface area contributed by atoms with E-state index in [-0.39, 0.29) is 5.82 Å². The van der Waals surface area contributed by atoms with Gasteiger partial charge in [0.15, 0.2) is 0 Å². The molecule has 0 saturated carbocycles. The molecule has 0 bridgehead atoms. The van der Waals surface area contributed by atoms with Crippen LogP contribution in [0, 0.1) is 5.82 Å². The van der Waals surface area contributed by atoms with E-state index in [4.69, 9.17) is 17.3 Å². The summed E-state index contributed by atoms with van der Waals surface area (Å²) in [5.41, 5.74) is 7.65. The van der Waals surface area contributed by atoms with Gasteiger partial charge in [0.25, 0.3) is 0 Å². The molecule has 0 spiro atoms. The molecule has 0 aromatic heterocycles. The lowest BCUT2D eigenvalue weighted by molar-refractivity contribution is 0.616. The van der Waals surface area contributed by atoms with Crippen molar-refractivity contribution < 1.29 is 4.39 Å². The van der Waals surface area contributed by atoms with Gasteiger partial charge in [0.1, 0.15) is 5.82 Å². The predicted octanol–water partition coefficient (Wildman–Crippen LogP) is 4.29. The molecule has 1 atom stereocenters. The topological polar surface area (TPSA) is 26.0 Å². The Hall–Kier alpha value is -0.900. The van der Waals surface area contributed by atoms with Crippen LogP contribution in [0.2, 0.25) is 5.02 Å². The minimum Gasteiger partial charge on any atom is -0.320 e. The van der Waals surface area contributed by atoms with E-state index in [0.717, 1.165) is 5.56 Å². The summed E-state index contributed by atoms with van der Waals surface area (Å²) in [4.78, 5) is 0. The van der Waals surface area contributed by atoms with E-state index in [1.54, 1.807) is 24.3 Å². The van der Waals surface area contributed by atoms with E-state index in [9.17, 15) is 4.39 Å². The Morgan fingerprint density at radius 2 is 1.88 bits per heavy atom. The first-order chi connectivity index (χ1) is 8.09. The SMILES string of the molecule is NC(c1cccc(Cl)c1)c1cccc(F)c1Br. The van der Waals surface area contributed by atoms with Gasteiger partial charge in [-0.25, -0.2) is 4.39 Å². The second kappa shape index (κ2) is 5.17. The minimum absolute atomic E-state index is 0.319. The van der Waals surface area contributed by atoms with Gasteiger partial charge in [0.05, 0.1) is 10.5 Å². The van der Waals surface area contributed by atoms with E-state index < -0.39 is 6.04 Å². The molecule has 88 valence electrons. The van der Waals surface area contributed by atoms with Crippen molar-refractivity contribution in [1.29, 1.82) is 0 Å². The van der Waals surface area contributed by atoms with Crippen LogP contribution >= 0.6 is 27.5 Å². The van der Waals surface area contributed by atoms with Gasteiger partial charge >= 0.3 is 0 Å². The van der Waals surface area contributed by atoms with E-state index >= 15 is 0 Å². The summed E-state index contributed by atoms with van der Waals surface area (Å²) in [5.74, 6) is -0.319. The maximum absolute atomic E-state index is 13.4. The zero-order valence-corrected chi connectivity index (χ0v) is 11.2. The summed E-state index contributed by atoms with van der Waals surface area (Å²) in [6.45, 7) is 0. The standard InChI is InChI=1S/C13H10BrClFN/c14-12-10(5-2-6-11(12)16)13(17)8-3-1-4-9(15)7-8/h1-7,13H,17H2. The molecule has 1 nitrogen and oxygen atoms in total. The van der Waals surface area contributed by atoms with Gasteiger partial charge in [-0.2, -0.15) is 0 Å². The summed E-state index contributed by atoms with van der Waals surface area (Å²) < 4.78 is 13.8. The molecule has 0 radical (unpaired) electrons. The molecule has 0 aliphatic carbocycles. The van der Waals surface area contributed by atoms with Crippen LogP contribution in [0.1, 0.15) is 17.2 Å². The molecule has 2 rings (SSSR count). The average Bonchev–Trinajstić information content (AvgIpc) is 2.32. The fourth-order valence-electron chi connectivity index (χ4n) is 1.64. The quantitative estimate of drug-likeness (QED) is 0.879. The largest absolute Gasteiger partial charge is 0.320 e. The number of nitrogens with two attached hydrogens (primary N) is 1. The molecule has 0 heterocycles. The number of benzene rings is 2. The second-order valence-corrected chi connectivity index (χ2v) is 4.91. The summed E-state index contributed by atoms with van der Waals surface area (Å²) >= 11 is 9.11.